The van der Waals surface area contributed by atoms with Crippen LogP contribution in [-0.4, -0.2) is 41.2 Å². The predicted octanol–water partition coefficient (Wildman–Crippen LogP) is 4.30. The predicted molar refractivity (Wildman–Crippen MR) is 138 cm³/mol. The van der Waals surface area contributed by atoms with E-state index in [0.717, 1.165) is 0 Å². The van der Waals surface area contributed by atoms with Gasteiger partial charge in [-0.05, 0) is 76.4 Å². The number of nitro groups is 1. The summed E-state index contributed by atoms with van der Waals surface area (Å²) < 4.78 is 10.4. The van der Waals surface area contributed by atoms with E-state index in [1.807, 2.05) is 0 Å². The summed E-state index contributed by atoms with van der Waals surface area (Å²) in [7, 11) is 0. The maximum absolute atomic E-state index is 12.8. The first-order chi connectivity index (χ1) is 17.5. The minimum absolute atomic E-state index is 0.0328. The van der Waals surface area contributed by atoms with Crippen LogP contribution in [0.4, 0.5) is 26.7 Å². The summed E-state index contributed by atoms with van der Waals surface area (Å²) in [5.74, 6) is -0.394. The molecule has 2 aromatic rings. The van der Waals surface area contributed by atoms with Crippen LogP contribution in [0.1, 0.15) is 45.6 Å². The quantitative estimate of drug-likeness (QED) is 0.194. The lowest BCUT2D eigenvalue weighted by molar-refractivity contribution is -0.384. The molecule has 37 heavy (non-hydrogen) atoms. The molecule has 0 bridgehead atoms. The molecule has 200 valence electrons. The number of hydrogen-bond acceptors (Lipinski definition) is 8. The fourth-order valence-corrected chi connectivity index (χ4v) is 3.09. The number of alkyl carbamates (subject to hydrolysis) is 1. The summed E-state index contributed by atoms with van der Waals surface area (Å²) in [6.07, 6.45) is 0.368. The zero-order valence-electron chi connectivity index (χ0n) is 21.1. The average Bonchev–Trinajstić information content (AvgIpc) is 2.82. The highest BCUT2D eigenvalue weighted by Crippen LogP contribution is 2.16. The summed E-state index contributed by atoms with van der Waals surface area (Å²) in [5, 5.41) is 18.6. The van der Waals surface area contributed by atoms with Crippen molar-refractivity contribution in [2.45, 2.75) is 58.3 Å². The van der Waals surface area contributed by atoms with Crippen LogP contribution in [0.5, 0.6) is 0 Å². The first-order valence-electron chi connectivity index (χ1n) is 11.7. The standard InChI is InChI=1S/C25H33N5O7/c1-25(2,3)37-24(33)29-21(6-4-5-15-26)22(31)27-18-9-7-17(8-10-18)16-36-23(32)28-19-11-13-20(14-12-19)30(34)35/h7-14,21H,4-6,15-16,26H2,1-3H3,(H,27,31)(H,28,32)(H,29,33). The van der Waals surface area contributed by atoms with Crippen molar-refractivity contribution in [2.75, 3.05) is 17.2 Å². The van der Waals surface area contributed by atoms with Gasteiger partial charge in [0.2, 0.25) is 5.91 Å². The third-order valence-corrected chi connectivity index (χ3v) is 4.87. The molecule has 0 aliphatic rings. The molecule has 2 aromatic carbocycles. The van der Waals surface area contributed by atoms with Gasteiger partial charge in [-0.15, -0.1) is 0 Å². The molecule has 0 heterocycles. The highest BCUT2D eigenvalue weighted by molar-refractivity contribution is 5.96. The van der Waals surface area contributed by atoms with Gasteiger partial charge >= 0.3 is 12.2 Å². The molecule has 0 saturated heterocycles. The summed E-state index contributed by atoms with van der Waals surface area (Å²) in [6.45, 7) is 5.66. The van der Waals surface area contributed by atoms with Gasteiger partial charge in [0, 0.05) is 23.5 Å². The summed E-state index contributed by atoms with van der Waals surface area (Å²) in [6, 6.07) is 11.2. The number of rotatable bonds is 11. The molecule has 0 aliphatic heterocycles. The lowest BCUT2D eigenvalue weighted by atomic mass is 10.1. The van der Waals surface area contributed by atoms with Crippen LogP contribution in [0.2, 0.25) is 0 Å². The van der Waals surface area contributed by atoms with Crippen LogP contribution in [0, 0.1) is 10.1 Å². The Bertz CT molecular complexity index is 1070. The maximum Gasteiger partial charge on any atom is 0.411 e. The molecule has 1 atom stereocenters. The largest absolute Gasteiger partial charge is 0.444 e. The Morgan fingerprint density at radius 1 is 0.946 bits per heavy atom. The third kappa shape index (κ3) is 10.9. The van der Waals surface area contributed by atoms with Gasteiger partial charge in [-0.25, -0.2) is 9.59 Å². The van der Waals surface area contributed by atoms with E-state index in [0.29, 0.717) is 42.7 Å². The molecular weight excluding hydrogens is 482 g/mol. The molecule has 0 spiro atoms. The first-order valence-corrected chi connectivity index (χ1v) is 11.7. The van der Waals surface area contributed by atoms with E-state index in [9.17, 15) is 24.5 Å². The van der Waals surface area contributed by atoms with E-state index in [1.165, 1.54) is 24.3 Å². The number of carbonyl (C=O) groups excluding carboxylic acids is 3. The highest BCUT2D eigenvalue weighted by Gasteiger charge is 2.24. The Balaban J connectivity index is 1.89. The molecule has 0 fully saturated rings. The molecule has 12 heteroatoms. The number of amides is 3. The molecule has 0 aromatic heterocycles. The molecule has 1 unspecified atom stereocenters. The maximum atomic E-state index is 12.8. The average molecular weight is 516 g/mol. The number of anilines is 2. The molecule has 0 radical (unpaired) electrons. The lowest BCUT2D eigenvalue weighted by Crippen LogP contribution is -2.45. The van der Waals surface area contributed by atoms with Gasteiger partial charge in [-0.3, -0.25) is 20.2 Å². The second kappa shape index (κ2) is 13.8. The summed E-state index contributed by atoms with van der Waals surface area (Å²) in [4.78, 5) is 47.1. The van der Waals surface area contributed by atoms with Crippen LogP contribution in [0.15, 0.2) is 48.5 Å². The monoisotopic (exact) mass is 515 g/mol. The normalized spacial score (nSPS) is 11.7. The molecule has 5 N–H and O–H groups in total. The van der Waals surface area contributed by atoms with Crippen molar-refractivity contribution in [2.24, 2.45) is 5.73 Å². The van der Waals surface area contributed by atoms with Crippen molar-refractivity contribution in [1.82, 2.24) is 5.32 Å². The molecule has 3 amide bonds. The van der Waals surface area contributed by atoms with Gasteiger partial charge in [-0.2, -0.15) is 0 Å². The van der Waals surface area contributed by atoms with E-state index in [-0.39, 0.29) is 12.3 Å². The minimum Gasteiger partial charge on any atom is -0.444 e. The van der Waals surface area contributed by atoms with Gasteiger partial charge in [0.05, 0.1) is 4.92 Å². The van der Waals surface area contributed by atoms with E-state index < -0.39 is 34.7 Å². The molecule has 12 nitrogen and oxygen atoms in total. The third-order valence-electron chi connectivity index (χ3n) is 4.87. The number of nitro benzene ring substituents is 1. The molecular formula is C25H33N5O7. The van der Waals surface area contributed by atoms with Gasteiger partial charge < -0.3 is 25.8 Å². The lowest BCUT2D eigenvalue weighted by Gasteiger charge is -2.23. The number of carbonyl (C=O) groups is 3. The number of hydrogen-bond donors (Lipinski definition) is 4. The van der Waals surface area contributed by atoms with Gasteiger partial charge in [-0.1, -0.05) is 12.1 Å². The van der Waals surface area contributed by atoms with Gasteiger partial charge in [0.1, 0.15) is 18.2 Å². The SMILES string of the molecule is CC(C)(C)OC(=O)NC(CCCCN)C(=O)Nc1ccc(COC(=O)Nc2ccc([N+](=O)[O-])cc2)cc1. The highest BCUT2D eigenvalue weighted by atomic mass is 16.6. The molecule has 0 saturated carbocycles. The Labute approximate surface area is 215 Å². The Morgan fingerprint density at radius 2 is 1.54 bits per heavy atom. The van der Waals surface area contributed by atoms with Gasteiger partial charge in [0.25, 0.3) is 5.69 Å². The van der Waals surface area contributed by atoms with Crippen LogP contribution < -0.4 is 21.7 Å². The molecule has 0 aliphatic carbocycles. The topological polar surface area (TPSA) is 175 Å². The Hall–Kier alpha value is -4.19. The van der Waals surface area contributed by atoms with Crippen LogP contribution >= 0.6 is 0 Å². The van der Waals surface area contributed by atoms with E-state index in [2.05, 4.69) is 16.0 Å². The summed E-state index contributed by atoms with van der Waals surface area (Å²) >= 11 is 0. The van der Waals surface area contributed by atoms with E-state index in [1.54, 1.807) is 45.0 Å². The number of benzene rings is 2. The van der Waals surface area contributed by atoms with Gasteiger partial charge in [0.15, 0.2) is 0 Å². The van der Waals surface area contributed by atoms with Crippen LogP contribution in [-0.2, 0) is 20.9 Å². The van der Waals surface area contributed by atoms with Crippen molar-refractivity contribution in [3.05, 3.63) is 64.2 Å². The Kier molecular flexibility index (Phi) is 10.8. The zero-order chi connectivity index (χ0) is 27.4. The van der Waals surface area contributed by atoms with E-state index >= 15 is 0 Å². The number of nitrogens with one attached hydrogen (secondary N) is 3. The fraction of sp³-hybridized carbons (Fsp3) is 0.400. The second-order valence-corrected chi connectivity index (χ2v) is 9.17. The minimum atomic E-state index is -0.799. The number of unbranched alkanes of at least 4 members (excludes halogenated alkanes) is 1. The first kappa shape index (κ1) is 29.0. The van der Waals surface area contributed by atoms with Crippen LogP contribution in [0.3, 0.4) is 0 Å². The second-order valence-electron chi connectivity index (χ2n) is 9.17. The van der Waals surface area contributed by atoms with Crippen molar-refractivity contribution in [3.8, 4) is 0 Å². The summed E-state index contributed by atoms with van der Waals surface area (Å²) in [5.41, 5.74) is 6.28. The number of ether oxygens (including phenoxy) is 2. The Morgan fingerprint density at radius 3 is 2.11 bits per heavy atom. The van der Waals surface area contributed by atoms with E-state index in [4.69, 9.17) is 15.2 Å². The molecule has 2 rings (SSSR count). The van der Waals surface area contributed by atoms with Crippen LogP contribution in [0.25, 0.3) is 0 Å². The number of non-ortho nitro benzene ring substituents is 1. The number of nitrogens with two attached hydrogens (primary N) is 1. The van der Waals surface area contributed by atoms with Crippen molar-refractivity contribution in [3.63, 3.8) is 0 Å². The van der Waals surface area contributed by atoms with Crippen molar-refractivity contribution >= 4 is 35.2 Å². The fourth-order valence-electron chi connectivity index (χ4n) is 3.09. The number of nitrogens with zero attached hydrogens (tertiary/aromatic N) is 1. The smallest absolute Gasteiger partial charge is 0.411 e. The van der Waals surface area contributed by atoms with Crippen molar-refractivity contribution in [1.29, 1.82) is 0 Å². The van der Waals surface area contributed by atoms with Crippen molar-refractivity contribution < 1.29 is 28.8 Å². The zero-order valence-corrected chi connectivity index (χ0v) is 21.1.